The fourth-order valence-electron chi connectivity index (χ4n) is 3.18. The number of hydrogen-bond donors (Lipinski definition) is 0. The average Bonchev–Trinajstić information content (AvgIpc) is 3.25. The van der Waals surface area contributed by atoms with Crippen LogP contribution in [-0.4, -0.2) is 58.0 Å². The van der Waals surface area contributed by atoms with Gasteiger partial charge in [0.05, 0.1) is 18.6 Å². The first-order chi connectivity index (χ1) is 11.3. The van der Waals surface area contributed by atoms with Crippen molar-refractivity contribution in [3.05, 3.63) is 41.9 Å². The molecule has 0 aliphatic carbocycles. The van der Waals surface area contributed by atoms with Crippen molar-refractivity contribution in [3.63, 3.8) is 0 Å². The summed E-state index contributed by atoms with van der Waals surface area (Å²) in [7, 11) is 0. The van der Waals surface area contributed by atoms with Gasteiger partial charge in [-0.2, -0.15) is 0 Å². The second kappa shape index (κ2) is 6.17. The highest BCUT2D eigenvalue weighted by atomic mass is 16.5. The van der Waals surface area contributed by atoms with Gasteiger partial charge in [-0.1, -0.05) is 0 Å². The molecule has 0 unspecified atom stereocenters. The van der Waals surface area contributed by atoms with Gasteiger partial charge >= 0.3 is 0 Å². The number of fused-ring (bicyclic) bond motifs is 1. The molecule has 2 aliphatic rings. The summed E-state index contributed by atoms with van der Waals surface area (Å²) in [5.41, 5.74) is 1.23. The Bertz CT molecular complexity index is 672. The Labute approximate surface area is 134 Å². The van der Waals surface area contributed by atoms with Crippen molar-refractivity contribution in [1.82, 2.24) is 19.4 Å². The van der Waals surface area contributed by atoms with Crippen molar-refractivity contribution in [3.8, 4) is 0 Å². The molecule has 0 spiro atoms. The Balaban J connectivity index is 1.35. The first-order valence-corrected chi connectivity index (χ1v) is 7.97. The summed E-state index contributed by atoms with van der Waals surface area (Å²) in [5.74, 6) is 1.41. The summed E-state index contributed by atoms with van der Waals surface area (Å²) < 4.78 is 12.9. The van der Waals surface area contributed by atoms with E-state index in [1.807, 2.05) is 11.1 Å². The van der Waals surface area contributed by atoms with Crippen LogP contribution in [0.25, 0.3) is 0 Å². The van der Waals surface area contributed by atoms with Gasteiger partial charge in [-0.05, 0) is 12.1 Å². The molecule has 2 aromatic rings. The van der Waals surface area contributed by atoms with Crippen molar-refractivity contribution in [2.24, 2.45) is 0 Å². The molecular formula is C16H20N4O3. The molecule has 1 saturated heterocycles. The van der Waals surface area contributed by atoms with Gasteiger partial charge < -0.3 is 18.6 Å². The van der Waals surface area contributed by atoms with E-state index in [9.17, 15) is 4.79 Å². The van der Waals surface area contributed by atoms with E-state index in [0.29, 0.717) is 12.4 Å². The van der Waals surface area contributed by atoms with E-state index in [1.165, 1.54) is 12.0 Å². The molecule has 1 amide bonds. The number of hydrogen-bond acceptors (Lipinski definition) is 5. The van der Waals surface area contributed by atoms with Gasteiger partial charge in [-0.25, -0.2) is 4.98 Å². The molecule has 0 radical (unpaired) electrons. The lowest BCUT2D eigenvalue weighted by atomic mass is 10.2. The normalized spacial score (nSPS) is 18.9. The Kier molecular flexibility index (Phi) is 3.88. The third kappa shape index (κ3) is 2.89. The number of rotatable bonds is 3. The van der Waals surface area contributed by atoms with Crippen LogP contribution in [0.15, 0.2) is 29.0 Å². The minimum absolute atomic E-state index is 0.0199. The molecule has 2 aliphatic heterocycles. The van der Waals surface area contributed by atoms with Crippen LogP contribution in [0.2, 0.25) is 0 Å². The smallest absolute Gasteiger partial charge is 0.289 e. The van der Waals surface area contributed by atoms with Crippen LogP contribution >= 0.6 is 0 Å². The quantitative estimate of drug-likeness (QED) is 0.844. The summed E-state index contributed by atoms with van der Waals surface area (Å²) in [6.45, 7) is 6.28. The molecule has 2 aromatic heterocycles. The van der Waals surface area contributed by atoms with E-state index in [1.54, 1.807) is 12.1 Å². The van der Waals surface area contributed by atoms with E-state index < -0.39 is 0 Å². The van der Waals surface area contributed by atoms with Gasteiger partial charge in [0, 0.05) is 45.5 Å². The number of furan rings is 1. The molecule has 7 heteroatoms. The predicted octanol–water partition coefficient (Wildman–Crippen LogP) is 0.964. The molecule has 0 aromatic carbocycles. The minimum Gasteiger partial charge on any atom is -0.459 e. The van der Waals surface area contributed by atoms with Gasteiger partial charge in [0.25, 0.3) is 5.91 Å². The highest BCUT2D eigenvalue weighted by Crippen LogP contribution is 2.15. The number of amides is 1. The summed E-state index contributed by atoms with van der Waals surface area (Å²) in [5, 5.41) is 0. The van der Waals surface area contributed by atoms with Crippen molar-refractivity contribution < 1.29 is 13.9 Å². The number of carbonyl (C=O) groups excluding carboxylic acids is 1. The Morgan fingerprint density at radius 1 is 1.22 bits per heavy atom. The molecule has 0 bridgehead atoms. The summed E-state index contributed by atoms with van der Waals surface area (Å²) in [6.07, 6.45) is 3.49. The van der Waals surface area contributed by atoms with Crippen molar-refractivity contribution in [1.29, 1.82) is 0 Å². The zero-order valence-electron chi connectivity index (χ0n) is 13.0. The standard InChI is InChI=1S/C16H20N4O3/c21-16(14-2-1-8-23-14)19-5-3-18(4-6-19)11-13-10-17-15-12-22-9-7-20(13)15/h1-2,8,10H,3-7,9,11-12H2. The Hall–Kier alpha value is -2.12. The molecule has 0 atom stereocenters. The van der Waals surface area contributed by atoms with Gasteiger partial charge in [0.1, 0.15) is 12.4 Å². The molecule has 0 N–H and O–H groups in total. The maximum atomic E-state index is 12.3. The third-order valence-corrected chi connectivity index (χ3v) is 4.49. The van der Waals surface area contributed by atoms with Crippen molar-refractivity contribution in [2.75, 3.05) is 32.8 Å². The number of piperazine rings is 1. The van der Waals surface area contributed by atoms with Crippen LogP contribution in [0.5, 0.6) is 0 Å². The zero-order chi connectivity index (χ0) is 15.6. The topological polar surface area (TPSA) is 63.7 Å². The predicted molar refractivity (Wildman–Crippen MR) is 81.8 cm³/mol. The fraction of sp³-hybridized carbons (Fsp3) is 0.500. The number of ether oxygens (including phenoxy) is 1. The first kappa shape index (κ1) is 14.5. The average molecular weight is 316 g/mol. The fourth-order valence-corrected chi connectivity index (χ4v) is 3.18. The molecule has 0 saturated carbocycles. The van der Waals surface area contributed by atoms with Crippen LogP contribution in [0.4, 0.5) is 0 Å². The zero-order valence-corrected chi connectivity index (χ0v) is 13.0. The van der Waals surface area contributed by atoms with Crippen LogP contribution < -0.4 is 0 Å². The molecule has 7 nitrogen and oxygen atoms in total. The third-order valence-electron chi connectivity index (χ3n) is 4.49. The number of imidazole rings is 1. The second-order valence-corrected chi connectivity index (χ2v) is 5.92. The van der Waals surface area contributed by atoms with E-state index in [-0.39, 0.29) is 5.91 Å². The molecule has 4 heterocycles. The maximum Gasteiger partial charge on any atom is 0.289 e. The van der Waals surface area contributed by atoms with E-state index in [0.717, 1.165) is 51.7 Å². The lowest BCUT2D eigenvalue weighted by molar-refractivity contribution is 0.0586. The maximum absolute atomic E-state index is 12.3. The summed E-state index contributed by atoms with van der Waals surface area (Å²) in [6, 6.07) is 3.46. The largest absolute Gasteiger partial charge is 0.459 e. The molecule has 4 rings (SSSR count). The second-order valence-electron chi connectivity index (χ2n) is 5.92. The molecule has 23 heavy (non-hydrogen) atoms. The highest BCUT2D eigenvalue weighted by Gasteiger charge is 2.24. The molecule has 122 valence electrons. The van der Waals surface area contributed by atoms with Crippen LogP contribution in [0.1, 0.15) is 22.1 Å². The summed E-state index contributed by atoms with van der Waals surface area (Å²) >= 11 is 0. The number of aromatic nitrogens is 2. The van der Waals surface area contributed by atoms with Gasteiger partial charge in [0.2, 0.25) is 0 Å². The van der Waals surface area contributed by atoms with Crippen LogP contribution in [0.3, 0.4) is 0 Å². The lowest BCUT2D eigenvalue weighted by Gasteiger charge is -2.34. The molecular weight excluding hydrogens is 296 g/mol. The number of carbonyl (C=O) groups is 1. The van der Waals surface area contributed by atoms with Crippen LogP contribution in [0, 0.1) is 0 Å². The van der Waals surface area contributed by atoms with E-state index >= 15 is 0 Å². The van der Waals surface area contributed by atoms with Gasteiger partial charge in [0.15, 0.2) is 5.76 Å². The minimum atomic E-state index is -0.0199. The van der Waals surface area contributed by atoms with Gasteiger partial charge in [-0.15, -0.1) is 0 Å². The Morgan fingerprint density at radius 3 is 2.87 bits per heavy atom. The van der Waals surface area contributed by atoms with Crippen LogP contribution in [-0.2, 0) is 24.4 Å². The van der Waals surface area contributed by atoms with Gasteiger partial charge in [-0.3, -0.25) is 9.69 Å². The SMILES string of the molecule is O=C(c1ccco1)N1CCN(Cc2cnc3n2CCOC3)CC1. The van der Waals surface area contributed by atoms with E-state index in [2.05, 4.69) is 14.5 Å². The number of nitrogens with zero attached hydrogens (tertiary/aromatic N) is 4. The first-order valence-electron chi connectivity index (χ1n) is 7.97. The Morgan fingerprint density at radius 2 is 2.09 bits per heavy atom. The van der Waals surface area contributed by atoms with Crippen molar-refractivity contribution >= 4 is 5.91 Å². The highest BCUT2D eigenvalue weighted by molar-refractivity contribution is 5.91. The lowest BCUT2D eigenvalue weighted by Crippen LogP contribution is -2.48. The summed E-state index contributed by atoms with van der Waals surface area (Å²) in [4.78, 5) is 20.9. The van der Waals surface area contributed by atoms with Crippen molar-refractivity contribution in [2.45, 2.75) is 19.7 Å². The van der Waals surface area contributed by atoms with E-state index in [4.69, 9.17) is 9.15 Å². The monoisotopic (exact) mass is 316 g/mol. The molecule has 1 fully saturated rings.